The van der Waals surface area contributed by atoms with E-state index in [1.54, 1.807) is 0 Å². The van der Waals surface area contributed by atoms with Crippen LogP contribution in [0.25, 0.3) is 0 Å². The summed E-state index contributed by atoms with van der Waals surface area (Å²) in [5.41, 5.74) is 1.15. The van der Waals surface area contributed by atoms with Gasteiger partial charge in [0.05, 0.1) is 18.8 Å². The molecule has 0 bridgehead atoms. The summed E-state index contributed by atoms with van der Waals surface area (Å²) in [6, 6.07) is 10.0. The van der Waals surface area contributed by atoms with Crippen LogP contribution < -0.4 is 0 Å². The Hall–Kier alpha value is -0.860. The molecule has 16 heavy (non-hydrogen) atoms. The van der Waals surface area contributed by atoms with E-state index < -0.39 is 0 Å². The zero-order chi connectivity index (χ0) is 11.8. The molecule has 0 fully saturated rings. The van der Waals surface area contributed by atoms with Crippen LogP contribution >= 0.6 is 0 Å². The van der Waals surface area contributed by atoms with Gasteiger partial charge in [0, 0.05) is 0 Å². The summed E-state index contributed by atoms with van der Waals surface area (Å²) >= 11 is 0. The standard InChI is InChI=1S/C14H22O2/c1-3-4-10-14(15)12(2)16-11-13-8-6-5-7-9-13/h5-9,12,14-15H,3-4,10-11H2,1-2H3/t12-,14?/m1/s1. The van der Waals surface area contributed by atoms with Crippen molar-refractivity contribution in [2.75, 3.05) is 0 Å². The van der Waals surface area contributed by atoms with Crippen LogP contribution in [0.3, 0.4) is 0 Å². The lowest BCUT2D eigenvalue weighted by atomic mass is 10.1. The molecule has 1 aromatic carbocycles. The number of ether oxygens (including phenoxy) is 1. The van der Waals surface area contributed by atoms with Crippen molar-refractivity contribution in [1.29, 1.82) is 0 Å². The van der Waals surface area contributed by atoms with E-state index in [4.69, 9.17) is 4.74 Å². The van der Waals surface area contributed by atoms with Gasteiger partial charge in [-0.3, -0.25) is 0 Å². The Morgan fingerprint density at radius 1 is 1.25 bits per heavy atom. The molecule has 1 unspecified atom stereocenters. The van der Waals surface area contributed by atoms with Crippen LogP contribution in [0.1, 0.15) is 38.7 Å². The van der Waals surface area contributed by atoms with Gasteiger partial charge in [-0.15, -0.1) is 0 Å². The molecule has 1 N–H and O–H groups in total. The highest BCUT2D eigenvalue weighted by Crippen LogP contribution is 2.10. The summed E-state index contributed by atoms with van der Waals surface area (Å²) in [5, 5.41) is 9.80. The maximum atomic E-state index is 9.80. The Labute approximate surface area is 98.3 Å². The van der Waals surface area contributed by atoms with Gasteiger partial charge in [-0.25, -0.2) is 0 Å². The molecule has 0 saturated heterocycles. The first-order valence-electron chi connectivity index (χ1n) is 6.07. The van der Waals surface area contributed by atoms with Gasteiger partial charge in [0.1, 0.15) is 0 Å². The smallest absolute Gasteiger partial charge is 0.0810 e. The van der Waals surface area contributed by atoms with Crippen LogP contribution in [-0.2, 0) is 11.3 Å². The van der Waals surface area contributed by atoms with Gasteiger partial charge in [-0.2, -0.15) is 0 Å². The van der Waals surface area contributed by atoms with E-state index in [1.165, 1.54) is 0 Å². The predicted molar refractivity (Wildman–Crippen MR) is 66.2 cm³/mol. The number of unbranched alkanes of at least 4 members (excludes halogenated alkanes) is 1. The molecule has 2 atom stereocenters. The minimum absolute atomic E-state index is 0.0910. The second kappa shape index (κ2) is 7.42. The second-order valence-electron chi connectivity index (χ2n) is 4.21. The van der Waals surface area contributed by atoms with Crippen LogP contribution in [0.2, 0.25) is 0 Å². The highest BCUT2D eigenvalue weighted by molar-refractivity contribution is 5.13. The number of rotatable bonds is 7. The van der Waals surface area contributed by atoms with E-state index in [1.807, 2.05) is 37.3 Å². The highest BCUT2D eigenvalue weighted by atomic mass is 16.5. The van der Waals surface area contributed by atoms with Crippen molar-refractivity contribution in [3.8, 4) is 0 Å². The van der Waals surface area contributed by atoms with Gasteiger partial charge in [-0.05, 0) is 18.9 Å². The Balaban J connectivity index is 2.26. The van der Waals surface area contributed by atoms with E-state index in [-0.39, 0.29) is 12.2 Å². The van der Waals surface area contributed by atoms with Gasteiger partial charge in [0.15, 0.2) is 0 Å². The SMILES string of the molecule is CCCCC(O)[C@@H](C)OCc1ccccc1. The second-order valence-corrected chi connectivity index (χ2v) is 4.21. The van der Waals surface area contributed by atoms with E-state index in [0.29, 0.717) is 6.61 Å². The third-order valence-electron chi connectivity index (χ3n) is 2.75. The van der Waals surface area contributed by atoms with Gasteiger partial charge in [0.25, 0.3) is 0 Å². The fourth-order valence-electron chi connectivity index (χ4n) is 1.56. The Morgan fingerprint density at radius 3 is 2.56 bits per heavy atom. The fourth-order valence-corrected chi connectivity index (χ4v) is 1.56. The maximum absolute atomic E-state index is 9.80. The molecule has 0 heterocycles. The third kappa shape index (κ3) is 4.77. The fraction of sp³-hybridized carbons (Fsp3) is 0.571. The number of hydrogen-bond donors (Lipinski definition) is 1. The first-order chi connectivity index (χ1) is 7.74. The summed E-state index contributed by atoms with van der Waals surface area (Å²) in [5.74, 6) is 0. The van der Waals surface area contributed by atoms with Crippen LogP contribution in [0.5, 0.6) is 0 Å². The number of hydrogen-bond acceptors (Lipinski definition) is 2. The Kier molecular flexibility index (Phi) is 6.12. The maximum Gasteiger partial charge on any atom is 0.0810 e. The molecule has 2 heteroatoms. The monoisotopic (exact) mass is 222 g/mol. The lowest BCUT2D eigenvalue weighted by Crippen LogP contribution is -2.25. The van der Waals surface area contributed by atoms with Crippen molar-refractivity contribution >= 4 is 0 Å². The average Bonchev–Trinajstić information content (AvgIpc) is 2.34. The molecular formula is C14H22O2. The molecule has 0 spiro atoms. The van der Waals surface area contributed by atoms with Gasteiger partial charge in [-0.1, -0.05) is 50.1 Å². The molecule has 0 saturated carbocycles. The van der Waals surface area contributed by atoms with E-state index in [0.717, 1.165) is 24.8 Å². The molecule has 0 radical (unpaired) electrons. The lowest BCUT2D eigenvalue weighted by Gasteiger charge is -2.19. The normalized spacial score (nSPS) is 14.7. The molecule has 1 rings (SSSR count). The van der Waals surface area contributed by atoms with Crippen molar-refractivity contribution in [2.24, 2.45) is 0 Å². The first kappa shape index (κ1) is 13.2. The van der Waals surface area contributed by atoms with Crippen molar-refractivity contribution in [3.05, 3.63) is 35.9 Å². The molecule has 0 aliphatic heterocycles. The molecule has 0 aliphatic rings. The Bertz CT molecular complexity index is 271. The minimum Gasteiger partial charge on any atom is -0.390 e. The van der Waals surface area contributed by atoms with Crippen LogP contribution in [0, 0.1) is 0 Å². The van der Waals surface area contributed by atoms with Gasteiger partial charge < -0.3 is 9.84 Å². The summed E-state index contributed by atoms with van der Waals surface area (Å²) in [7, 11) is 0. The summed E-state index contributed by atoms with van der Waals surface area (Å²) < 4.78 is 5.64. The number of aliphatic hydroxyl groups excluding tert-OH is 1. The van der Waals surface area contributed by atoms with Gasteiger partial charge in [0.2, 0.25) is 0 Å². The van der Waals surface area contributed by atoms with Crippen LogP contribution in [0.4, 0.5) is 0 Å². The molecule has 90 valence electrons. The number of benzene rings is 1. The molecule has 0 aliphatic carbocycles. The molecule has 0 amide bonds. The van der Waals surface area contributed by atoms with Crippen LogP contribution in [0.15, 0.2) is 30.3 Å². The van der Waals surface area contributed by atoms with E-state index in [9.17, 15) is 5.11 Å². The van der Waals surface area contributed by atoms with Crippen molar-refractivity contribution in [1.82, 2.24) is 0 Å². The quantitative estimate of drug-likeness (QED) is 0.768. The largest absolute Gasteiger partial charge is 0.390 e. The molecular weight excluding hydrogens is 200 g/mol. The molecule has 0 aromatic heterocycles. The van der Waals surface area contributed by atoms with Crippen LogP contribution in [-0.4, -0.2) is 17.3 Å². The molecule has 1 aromatic rings. The first-order valence-corrected chi connectivity index (χ1v) is 6.07. The predicted octanol–water partition coefficient (Wildman–Crippen LogP) is 3.14. The Morgan fingerprint density at radius 2 is 1.94 bits per heavy atom. The van der Waals surface area contributed by atoms with E-state index in [2.05, 4.69) is 6.92 Å². The lowest BCUT2D eigenvalue weighted by molar-refractivity contribution is -0.0386. The van der Waals surface area contributed by atoms with Gasteiger partial charge >= 0.3 is 0 Å². The topological polar surface area (TPSA) is 29.5 Å². The summed E-state index contributed by atoms with van der Waals surface area (Å²) in [6.45, 7) is 4.64. The highest BCUT2D eigenvalue weighted by Gasteiger charge is 2.13. The van der Waals surface area contributed by atoms with Crippen molar-refractivity contribution in [3.63, 3.8) is 0 Å². The van der Waals surface area contributed by atoms with E-state index >= 15 is 0 Å². The summed E-state index contributed by atoms with van der Waals surface area (Å²) in [4.78, 5) is 0. The number of aliphatic hydroxyl groups is 1. The minimum atomic E-state index is -0.344. The summed E-state index contributed by atoms with van der Waals surface area (Å²) in [6.07, 6.45) is 2.56. The van der Waals surface area contributed by atoms with Crippen molar-refractivity contribution in [2.45, 2.75) is 51.9 Å². The third-order valence-corrected chi connectivity index (χ3v) is 2.75. The zero-order valence-electron chi connectivity index (χ0n) is 10.2. The zero-order valence-corrected chi connectivity index (χ0v) is 10.2. The molecule has 2 nitrogen and oxygen atoms in total. The average molecular weight is 222 g/mol. The van der Waals surface area contributed by atoms with Crippen molar-refractivity contribution < 1.29 is 9.84 Å².